The molecule has 0 saturated heterocycles. The van der Waals surface area contributed by atoms with Crippen molar-refractivity contribution in [1.29, 1.82) is 0 Å². The molecule has 0 aliphatic rings. The SMILES string of the molecule is CC(C)Cn1nnnc1C(Cl)(Cl)Cl. The van der Waals surface area contributed by atoms with E-state index >= 15 is 0 Å². The van der Waals surface area contributed by atoms with E-state index in [0.717, 1.165) is 0 Å². The highest BCUT2D eigenvalue weighted by atomic mass is 35.6. The second-order valence-corrected chi connectivity index (χ2v) is 5.36. The molecule has 0 radical (unpaired) electrons. The summed E-state index contributed by atoms with van der Waals surface area (Å²) in [6.45, 7) is 4.70. The standard InChI is InChI=1S/C6H9Cl3N4/c1-4(2)3-13-5(6(7,8)9)10-11-12-13/h4H,3H2,1-2H3. The highest BCUT2D eigenvalue weighted by molar-refractivity contribution is 6.66. The number of tetrazole rings is 1. The first-order valence-electron chi connectivity index (χ1n) is 3.74. The van der Waals surface area contributed by atoms with E-state index < -0.39 is 3.79 Å². The van der Waals surface area contributed by atoms with Crippen LogP contribution in [0.3, 0.4) is 0 Å². The van der Waals surface area contributed by atoms with E-state index in [9.17, 15) is 0 Å². The summed E-state index contributed by atoms with van der Waals surface area (Å²) < 4.78 is -0.0595. The van der Waals surface area contributed by atoms with Crippen molar-refractivity contribution in [2.24, 2.45) is 5.92 Å². The van der Waals surface area contributed by atoms with Gasteiger partial charge in [0.15, 0.2) is 0 Å². The number of halogens is 3. The Morgan fingerprint density at radius 1 is 1.38 bits per heavy atom. The van der Waals surface area contributed by atoms with Crippen LogP contribution in [0.25, 0.3) is 0 Å². The van der Waals surface area contributed by atoms with Crippen molar-refractivity contribution in [3.05, 3.63) is 5.82 Å². The molecule has 0 atom stereocenters. The molecule has 0 saturated carbocycles. The minimum atomic E-state index is -1.56. The van der Waals surface area contributed by atoms with Crippen LogP contribution in [0.1, 0.15) is 19.7 Å². The van der Waals surface area contributed by atoms with Crippen molar-refractivity contribution < 1.29 is 0 Å². The molecule has 1 rings (SSSR count). The quantitative estimate of drug-likeness (QED) is 0.748. The van der Waals surface area contributed by atoms with Crippen molar-refractivity contribution in [1.82, 2.24) is 20.2 Å². The second-order valence-electron chi connectivity index (χ2n) is 3.08. The Morgan fingerprint density at radius 2 is 2.00 bits per heavy atom. The predicted molar refractivity (Wildman–Crippen MR) is 51.9 cm³/mol. The smallest absolute Gasteiger partial charge is 0.225 e. The lowest BCUT2D eigenvalue weighted by Crippen LogP contribution is -2.16. The average Bonchev–Trinajstić information content (AvgIpc) is 2.31. The normalized spacial score (nSPS) is 12.5. The Bertz CT molecular complexity index is 278. The van der Waals surface area contributed by atoms with Crippen LogP contribution >= 0.6 is 34.8 Å². The first kappa shape index (κ1) is 11.0. The minimum absolute atomic E-state index is 0.256. The van der Waals surface area contributed by atoms with Crippen LogP contribution in [0.4, 0.5) is 0 Å². The van der Waals surface area contributed by atoms with E-state index in [0.29, 0.717) is 12.5 Å². The summed E-state index contributed by atoms with van der Waals surface area (Å²) in [6.07, 6.45) is 0. The molecule has 0 unspecified atom stereocenters. The molecular weight excluding hydrogens is 234 g/mol. The lowest BCUT2D eigenvalue weighted by molar-refractivity contribution is 0.460. The molecule has 0 bridgehead atoms. The average molecular weight is 244 g/mol. The first-order chi connectivity index (χ1) is 5.91. The summed E-state index contributed by atoms with van der Waals surface area (Å²) in [5, 5.41) is 10.8. The van der Waals surface area contributed by atoms with Gasteiger partial charge in [-0.3, -0.25) is 0 Å². The topological polar surface area (TPSA) is 43.6 Å². The van der Waals surface area contributed by atoms with Gasteiger partial charge in [0.05, 0.1) is 0 Å². The van der Waals surface area contributed by atoms with Crippen LogP contribution in [0.5, 0.6) is 0 Å². The van der Waals surface area contributed by atoms with Gasteiger partial charge in [0.25, 0.3) is 3.79 Å². The molecule has 0 aromatic carbocycles. The Labute approximate surface area is 91.1 Å². The molecule has 1 aromatic heterocycles. The molecule has 13 heavy (non-hydrogen) atoms. The number of rotatable bonds is 2. The van der Waals surface area contributed by atoms with Gasteiger partial charge in [-0.25, -0.2) is 4.68 Å². The number of aromatic nitrogens is 4. The number of nitrogens with zero attached hydrogens (tertiary/aromatic N) is 4. The summed E-state index contributed by atoms with van der Waals surface area (Å²) in [5.41, 5.74) is 0. The molecule has 0 spiro atoms. The minimum Gasteiger partial charge on any atom is -0.225 e. The maximum atomic E-state index is 5.66. The lowest BCUT2D eigenvalue weighted by atomic mass is 10.2. The number of alkyl halides is 3. The highest BCUT2D eigenvalue weighted by Crippen LogP contribution is 2.36. The number of hydrogen-bond donors (Lipinski definition) is 0. The van der Waals surface area contributed by atoms with Crippen molar-refractivity contribution in [3.63, 3.8) is 0 Å². The molecule has 0 amide bonds. The zero-order valence-corrected chi connectivity index (χ0v) is 9.47. The van der Waals surface area contributed by atoms with E-state index in [-0.39, 0.29) is 5.82 Å². The number of hydrogen-bond acceptors (Lipinski definition) is 3. The second kappa shape index (κ2) is 3.98. The van der Waals surface area contributed by atoms with Gasteiger partial charge in [-0.2, -0.15) is 0 Å². The van der Waals surface area contributed by atoms with E-state index in [1.165, 1.54) is 4.68 Å². The van der Waals surface area contributed by atoms with E-state index in [1.54, 1.807) is 0 Å². The van der Waals surface area contributed by atoms with Crippen molar-refractivity contribution in [2.75, 3.05) is 0 Å². The maximum Gasteiger partial charge on any atom is 0.251 e. The zero-order chi connectivity index (χ0) is 10.1. The third-order valence-electron chi connectivity index (χ3n) is 1.32. The Balaban J connectivity index is 2.90. The Hall–Kier alpha value is -0.0600. The fraction of sp³-hybridized carbons (Fsp3) is 0.833. The van der Waals surface area contributed by atoms with Gasteiger partial charge in [0.1, 0.15) is 0 Å². The lowest BCUT2D eigenvalue weighted by Gasteiger charge is -2.11. The van der Waals surface area contributed by atoms with Crippen LogP contribution in [-0.4, -0.2) is 20.2 Å². The van der Waals surface area contributed by atoms with Gasteiger partial charge in [-0.1, -0.05) is 48.7 Å². The van der Waals surface area contributed by atoms with Crippen LogP contribution < -0.4 is 0 Å². The monoisotopic (exact) mass is 242 g/mol. The highest BCUT2D eigenvalue weighted by Gasteiger charge is 2.30. The van der Waals surface area contributed by atoms with E-state index in [1.807, 2.05) is 13.8 Å². The summed E-state index contributed by atoms with van der Waals surface area (Å²) >= 11 is 17.0. The van der Waals surface area contributed by atoms with Gasteiger partial charge in [-0.05, 0) is 16.3 Å². The largest absolute Gasteiger partial charge is 0.251 e. The van der Waals surface area contributed by atoms with Crippen molar-refractivity contribution >= 4 is 34.8 Å². The Kier molecular flexibility index (Phi) is 3.38. The molecule has 4 nitrogen and oxygen atoms in total. The molecule has 0 N–H and O–H groups in total. The molecule has 0 aliphatic heterocycles. The van der Waals surface area contributed by atoms with Gasteiger partial charge in [-0.15, -0.1) is 5.10 Å². The molecular formula is C6H9Cl3N4. The van der Waals surface area contributed by atoms with Gasteiger partial charge in [0, 0.05) is 6.54 Å². The van der Waals surface area contributed by atoms with Gasteiger partial charge < -0.3 is 0 Å². The fourth-order valence-electron chi connectivity index (χ4n) is 0.877. The molecule has 0 aliphatic carbocycles. The third kappa shape index (κ3) is 2.97. The molecule has 7 heteroatoms. The molecule has 74 valence electrons. The van der Waals surface area contributed by atoms with Crippen LogP contribution in [-0.2, 0) is 10.3 Å². The van der Waals surface area contributed by atoms with Crippen LogP contribution in [0, 0.1) is 5.92 Å². The van der Waals surface area contributed by atoms with E-state index in [4.69, 9.17) is 34.8 Å². The van der Waals surface area contributed by atoms with Crippen molar-refractivity contribution in [2.45, 2.75) is 24.2 Å². The molecule has 1 aromatic rings. The van der Waals surface area contributed by atoms with E-state index in [2.05, 4.69) is 15.5 Å². The van der Waals surface area contributed by atoms with Gasteiger partial charge >= 0.3 is 0 Å². The first-order valence-corrected chi connectivity index (χ1v) is 4.88. The van der Waals surface area contributed by atoms with Crippen molar-refractivity contribution in [3.8, 4) is 0 Å². The molecule has 1 heterocycles. The van der Waals surface area contributed by atoms with Crippen LogP contribution in [0.15, 0.2) is 0 Å². The summed E-state index contributed by atoms with van der Waals surface area (Å²) in [5.74, 6) is 0.654. The Morgan fingerprint density at radius 3 is 2.46 bits per heavy atom. The van der Waals surface area contributed by atoms with Gasteiger partial charge in [0.2, 0.25) is 5.82 Å². The molecule has 0 fully saturated rings. The zero-order valence-electron chi connectivity index (χ0n) is 7.21. The summed E-state index contributed by atoms with van der Waals surface area (Å²) in [4.78, 5) is 0. The summed E-state index contributed by atoms with van der Waals surface area (Å²) in [6, 6.07) is 0. The third-order valence-corrected chi connectivity index (χ3v) is 1.83. The fourth-order valence-corrected chi connectivity index (χ4v) is 1.28. The van der Waals surface area contributed by atoms with Crippen LogP contribution in [0.2, 0.25) is 0 Å². The predicted octanol–water partition coefficient (Wildman–Crippen LogP) is 2.16. The maximum absolute atomic E-state index is 5.66. The summed E-state index contributed by atoms with van der Waals surface area (Å²) in [7, 11) is 0.